The maximum Gasteiger partial charge on any atom is 0.416 e. The largest absolute Gasteiger partial charge is 0.496 e. The lowest BCUT2D eigenvalue weighted by Crippen LogP contribution is -2.39. The molecule has 0 aromatic heterocycles. The van der Waals surface area contributed by atoms with Crippen LogP contribution in [0.4, 0.5) is 18.9 Å². The molecule has 10 heteroatoms. The van der Waals surface area contributed by atoms with Gasteiger partial charge in [0.1, 0.15) is 11.2 Å². The van der Waals surface area contributed by atoms with Crippen molar-refractivity contribution >= 4 is 23.3 Å². The van der Waals surface area contributed by atoms with Crippen LogP contribution in [0.3, 0.4) is 0 Å². The molecule has 0 fully saturated rings. The van der Waals surface area contributed by atoms with Gasteiger partial charge in [0.15, 0.2) is 0 Å². The second kappa shape index (κ2) is 8.91. The average Bonchev–Trinajstić information content (AvgIpc) is 2.68. The quantitative estimate of drug-likeness (QED) is 0.318. The van der Waals surface area contributed by atoms with E-state index in [1.807, 2.05) is 0 Å². The van der Waals surface area contributed by atoms with E-state index in [2.05, 4.69) is 0 Å². The van der Waals surface area contributed by atoms with Crippen molar-refractivity contribution in [1.29, 1.82) is 0 Å². The summed E-state index contributed by atoms with van der Waals surface area (Å²) < 4.78 is 50.0. The zero-order chi connectivity index (χ0) is 22.7. The van der Waals surface area contributed by atoms with Gasteiger partial charge >= 0.3 is 12.1 Å². The Morgan fingerprint density at radius 1 is 1.13 bits per heavy atom. The lowest BCUT2D eigenvalue weighted by Gasteiger charge is -2.32. The van der Waals surface area contributed by atoms with E-state index in [0.717, 1.165) is 6.07 Å². The lowest BCUT2D eigenvalue weighted by atomic mass is 9.71. The predicted octanol–water partition coefficient (Wildman–Crippen LogP) is 5.53. The Labute approximate surface area is 175 Å². The van der Waals surface area contributed by atoms with Crippen LogP contribution in [0.1, 0.15) is 37.0 Å². The first-order valence-corrected chi connectivity index (χ1v) is 9.28. The van der Waals surface area contributed by atoms with Gasteiger partial charge in [0.25, 0.3) is 5.69 Å². The van der Waals surface area contributed by atoms with E-state index in [9.17, 15) is 28.1 Å². The number of methoxy groups -OCH3 is 1. The Bertz CT molecular complexity index is 964. The van der Waals surface area contributed by atoms with Gasteiger partial charge in [-0.2, -0.15) is 13.2 Å². The van der Waals surface area contributed by atoms with Crippen LogP contribution in [0.15, 0.2) is 36.4 Å². The van der Waals surface area contributed by atoms with E-state index in [1.165, 1.54) is 25.3 Å². The van der Waals surface area contributed by atoms with Crippen LogP contribution >= 0.6 is 11.6 Å². The van der Waals surface area contributed by atoms with Crippen molar-refractivity contribution in [2.45, 2.75) is 31.9 Å². The zero-order valence-electron chi connectivity index (χ0n) is 16.4. The second-order valence-corrected chi connectivity index (χ2v) is 6.75. The number of alkyl halides is 3. The number of nitro benzene ring substituents is 1. The molecule has 0 radical (unpaired) electrons. The van der Waals surface area contributed by atoms with Gasteiger partial charge in [-0.3, -0.25) is 14.9 Å². The fraction of sp³-hybridized carbons (Fsp3) is 0.350. The van der Waals surface area contributed by atoms with Gasteiger partial charge < -0.3 is 9.47 Å². The van der Waals surface area contributed by atoms with E-state index in [4.69, 9.17) is 21.1 Å². The number of rotatable bonds is 7. The van der Waals surface area contributed by atoms with E-state index < -0.39 is 33.7 Å². The van der Waals surface area contributed by atoms with Crippen LogP contribution in [-0.4, -0.2) is 24.6 Å². The minimum absolute atomic E-state index is 0.0438. The molecule has 0 amide bonds. The summed E-state index contributed by atoms with van der Waals surface area (Å²) in [7, 11) is 1.33. The normalized spacial score (nSPS) is 13.4. The fourth-order valence-corrected chi connectivity index (χ4v) is 3.55. The van der Waals surface area contributed by atoms with Crippen LogP contribution < -0.4 is 4.74 Å². The van der Waals surface area contributed by atoms with Crippen LogP contribution in [0, 0.1) is 10.1 Å². The van der Waals surface area contributed by atoms with Crippen molar-refractivity contribution in [3.05, 3.63) is 68.2 Å². The molecular formula is C20H19ClF3NO5. The second-order valence-electron chi connectivity index (χ2n) is 6.31. The van der Waals surface area contributed by atoms with E-state index >= 15 is 0 Å². The van der Waals surface area contributed by atoms with Crippen LogP contribution in [0.25, 0.3) is 0 Å². The number of nitro groups is 1. The molecule has 2 aromatic carbocycles. The summed E-state index contributed by atoms with van der Waals surface area (Å²) in [5, 5.41) is 11.9. The Morgan fingerprint density at radius 3 is 2.30 bits per heavy atom. The number of nitrogens with zero attached hydrogens (tertiary/aromatic N) is 1. The number of benzene rings is 2. The van der Waals surface area contributed by atoms with Crippen molar-refractivity contribution in [3.63, 3.8) is 0 Å². The van der Waals surface area contributed by atoms with Gasteiger partial charge in [0.05, 0.1) is 29.8 Å². The number of halogens is 4. The van der Waals surface area contributed by atoms with Crippen molar-refractivity contribution in [1.82, 2.24) is 0 Å². The number of esters is 1. The molecule has 0 bridgehead atoms. The predicted molar refractivity (Wildman–Crippen MR) is 104 cm³/mol. The van der Waals surface area contributed by atoms with Gasteiger partial charge in [-0.05, 0) is 37.6 Å². The topological polar surface area (TPSA) is 78.7 Å². The molecule has 0 spiro atoms. The van der Waals surface area contributed by atoms with E-state index in [-0.39, 0.29) is 34.9 Å². The Hall–Kier alpha value is -2.81. The summed E-state index contributed by atoms with van der Waals surface area (Å²) in [6.45, 7) is 3.07. The van der Waals surface area contributed by atoms with Gasteiger partial charge in [0.2, 0.25) is 0 Å². The Morgan fingerprint density at radius 2 is 1.80 bits per heavy atom. The monoisotopic (exact) mass is 445 g/mol. The first kappa shape index (κ1) is 23.5. The average molecular weight is 446 g/mol. The summed E-state index contributed by atoms with van der Waals surface area (Å²) in [4.78, 5) is 23.9. The van der Waals surface area contributed by atoms with Gasteiger partial charge in [0, 0.05) is 16.7 Å². The molecule has 0 aliphatic carbocycles. The molecule has 0 aliphatic rings. The van der Waals surface area contributed by atoms with Crippen LogP contribution in [0.5, 0.6) is 5.75 Å². The molecule has 2 rings (SSSR count). The first-order valence-electron chi connectivity index (χ1n) is 8.90. The number of carbonyl (C=O) groups excluding carboxylic acids is 1. The minimum atomic E-state index is -4.80. The maximum atomic E-state index is 13.2. The van der Waals surface area contributed by atoms with Gasteiger partial charge in [-0.1, -0.05) is 24.6 Å². The van der Waals surface area contributed by atoms with Crippen molar-refractivity contribution in [2.75, 3.05) is 13.7 Å². The molecular weight excluding hydrogens is 427 g/mol. The van der Waals surface area contributed by atoms with E-state index in [1.54, 1.807) is 13.8 Å². The van der Waals surface area contributed by atoms with Gasteiger partial charge in [-0.25, -0.2) is 0 Å². The zero-order valence-corrected chi connectivity index (χ0v) is 17.1. The molecule has 0 saturated carbocycles. The van der Waals surface area contributed by atoms with Gasteiger partial charge in [-0.15, -0.1) is 0 Å². The lowest BCUT2D eigenvalue weighted by molar-refractivity contribution is -0.386. The number of ether oxygens (including phenoxy) is 2. The van der Waals surface area contributed by atoms with E-state index in [0.29, 0.717) is 12.1 Å². The highest BCUT2D eigenvalue weighted by Gasteiger charge is 2.49. The summed E-state index contributed by atoms with van der Waals surface area (Å²) in [5.74, 6) is -0.681. The summed E-state index contributed by atoms with van der Waals surface area (Å²) in [5.41, 5.74) is -3.98. The third-order valence-corrected chi connectivity index (χ3v) is 4.99. The summed E-state index contributed by atoms with van der Waals surface area (Å²) >= 11 is 6.10. The van der Waals surface area contributed by atoms with Crippen LogP contribution in [0.2, 0.25) is 5.02 Å². The molecule has 1 atom stereocenters. The summed E-state index contributed by atoms with van der Waals surface area (Å²) in [6.07, 6.45) is -4.86. The third-order valence-electron chi connectivity index (χ3n) is 4.76. The number of carbonyl (C=O) groups is 1. The number of hydrogen-bond donors (Lipinski definition) is 0. The smallest absolute Gasteiger partial charge is 0.416 e. The Kier molecular flexibility index (Phi) is 6.97. The van der Waals surface area contributed by atoms with Crippen molar-refractivity contribution in [2.24, 2.45) is 0 Å². The van der Waals surface area contributed by atoms with Crippen molar-refractivity contribution < 1.29 is 32.4 Å². The molecule has 6 nitrogen and oxygen atoms in total. The minimum Gasteiger partial charge on any atom is -0.496 e. The molecule has 1 unspecified atom stereocenters. The highest BCUT2D eigenvalue weighted by molar-refractivity contribution is 6.30. The standard InChI is InChI=1S/C20H19ClF3NO5/c1-4-19(18(26)30-5-2,15-11-13(21)7-9-17(15)29-3)14-8-6-12(20(22,23)24)10-16(14)25(27)28/h6-11H,4-5H2,1-3H3. The molecule has 2 aromatic rings. The fourth-order valence-electron chi connectivity index (χ4n) is 3.38. The molecule has 162 valence electrons. The molecule has 0 heterocycles. The molecule has 30 heavy (non-hydrogen) atoms. The molecule has 0 saturated heterocycles. The van der Waals surface area contributed by atoms with Crippen molar-refractivity contribution in [3.8, 4) is 5.75 Å². The molecule has 0 aliphatic heterocycles. The maximum absolute atomic E-state index is 13.2. The first-order chi connectivity index (χ1) is 14.0. The highest BCUT2D eigenvalue weighted by atomic mass is 35.5. The molecule has 0 N–H and O–H groups in total. The number of hydrogen-bond acceptors (Lipinski definition) is 5. The summed E-state index contributed by atoms with van der Waals surface area (Å²) in [6, 6.07) is 6.40. The highest BCUT2D eigenvalue weighted by Crippen LogP contribution is 2.47. The van der Waals surface area contributed by atoms with Crippen LogP contribution in [-0.2, 0) is 21.1 Å². The Balaban J connectivity index is 2.97. The SMILES string of the molecule is CCOC(=O)C(CC)(c1cc(Cl)ccc1OC)c1ccc(C(F)(F)F)cc1[N+](=O)[O-]. The third kappa shape index (κ3) is 4.21.